The van der Waals surface area contributed by atoms with Gasteiger partial charge in [0.05, 0.1) is 0 Å². The molecule has 1 aromatic heterocycles. The molecule has 0 aliphatic heterocycles. The van der Waals surface area contributed by atoms with Crippen LogP contribution in [0.2, 0.25) is 0 Å². The van der Waals surface area contributed by atoms with Gasteiger partial charge in [-0.3, -0.25) is 0 Å². The summed E-state index contributed by atoms with van der Waals surface area (Å²) in [5, 5.41) is 5.58. The van der Waals surface area contributed by atoms with E-state index in [2.05, 4.69) is 86.7 Å². The summed E-state index contributed by atoms with van der Waals surface area (Å²) >= 11 is 1.90. The third-order valence-electron chi connectivity index (χ3n) is 5.85. The van der Waals surface area contributed by atoms with Gasteiger partial charge in [-0.05, 0) is 50.9 Å². The summed E-state index contributed by atoms with van der Waals surface area (Å²) in [6.45, 7) is 4.64. The number of hydrogen-bond acceptors (Lipinski definition) is 1. The number of thiophene rings is 1. The van der Waals surface area contributed by atoms with Gasteiger partial charge in [-0.25, -0.2) is 0 Å². The van der Waals surface area contributed by atoms with Crippen LogP contribution in [0.1, 0.15) is 25.0 Å². The molecule has 0 spiro atoms. The highest BCUT2D eigenvalue weighted by Gasteiger charge is 2.30. The lowest BCUT2D eigenvalue weighted by Crippen LogP contribution is -2.26. The first kappa shape index (κ1) is 14.5. The third kappa shape index (κ3) is 1.74. The maximum atomic E-state index is 2.45. The van der Waals surface area contributed by atoms with E-state index in [-0.39, 0.29) is 5.41 Å². The van der Waals surface area contributed by atoms with Crippen molar-refractivity contribution in [2.45, 2.75) is 19.3 Å². The van der Waals surface area contributed by atoms with Crippen LogP contribution in [-0.2, 0) is 5.41 Å². The van der Waals surface area contributed by atoms with E-state index in [1.54, 1.807) is 0 Å². The molecule has 1 heterocycles. The first-order chi connectivity index (χ1) is 12.6. The average Bonchev–Trinajstić information content (AvgIpc) is 3.18. The summed E-state index contributed by atoms with van der Waals surface area (Å²) in [4.78, 5) is 0. The highest BCUT2D eigenvalue weighted by atomic mass is 32.1. The summed E-state index contributed by atoms with van der Waals surface area (Å²) in [6, 6.07) is 22.3. The van der Waals surface area contributed by atoms with Crippen LogP contribution in [0.3, 0.4) is 0 Å². The zero-order valence-corrected chi connectivity index (χ0v) is 15.7. The Morgan fingerprint density at radius 1 is 0.808 bits per heavy atom. The second-order valence-electron chi connectivity index (χ2n) is 7.88. The second kappa shape index (κ2) is 4.75. The van der Waals surface area contributed by atoms with Gasteiger partial charge in [0.25, 0.3) is 0 Å². The maximum Gasteiger partial charge on any atom is 0.0361 e. The predicted octanol–water partition coefficient (Wildman–Crippen LogP) is 5.27. The van der Waals surface area contributed by atoms with Gasteiger partial charge in [-0.15, -0.1) is 11.3 Å². The van der Waals surface area contributed by atoms with Gasteiger partial charge in [0, 0.05) is 25.6 Å². The lowest BCUT2D eigenvalue weighted by Gasteiger charge is -2.30. The molecular formula is C25H18S. The van der Waals surface area contributed by atoms with Gasteiger partial charge >= 0.3 is 0 Å². The minimum Gasteiger partial charge on any atom is -0.135 e. The number of hydrogen-bond donors (Lipinski definition) is 0. The molecule has 0 saturated heterocycles. The average molecular weight is 350 g/mol. The van der Waals surface area contributed by atoms with Crippen LogP contribution in [0, 0.1) is 0 Å². The number of benzene rings is 3. The number of allylic oxidation sites excluding steroid dienone is 2. The molecule has 4 aromatic rings. The monoisotopic (exact) mass is 350 g/mol. The fourth-order valence-electron chi connectivity index (χ4n) is 4.74. The first-order valence-electron chi connectivity index (χ1n) is 9.13. The van der Waals surface area contributed by atoms with Gasteiger partial charge < -0.3 is 0 Å². The van der Waals surface area contributed by atoms with Crippen molar-refractivity contribution in [2.75, 3.05) is 0 Å². The Morgan fingerprint density at radius 3 is 2.54 bits per heavy atom. The van der Waals surface area contributed by atoms with E-state index in [0.717, 1.165) is 0 Å². The summed E-state index contributed by atoms with van der Waals surface area (Å²) in [5.74, 6) is 0. The van der Waals surface area contributed by atoms with Crippen molar-refractivity contribution in [1.29, 1.82) is 0 Å². The highest BCUT2D eigenvalue weighted by Crippen LogP contribution is 2.41. The topological polar surface area (TPSA) is 0 Å². The molecule has 0 saturated carbocycles. The predicted molar refractivity (Wildman–Crippen MR) is 113 cm³/mol. The third-order valence-corrected chi connectivity index (χ3v) is 6.98. The fourth-order valence-corrected chi connectivity index (χ4v) is 5.86. The fraction of sp³-hybridized carbons (Fsp3) is 0.120. The number of fused-ring (bicyclic) bond motifs is 8. The molecule has 0 fully saturated rings. The van der Waals surface area contributed by atoms with Crippen LogP contribution in [0.25, 0.3) is 31.8 Å². The van der Waals surface area contributed by atoms with Gasteiger partial charge in [-0.1, -0.05) is 68.5 Å². The summed E-state index contributed by atoms with van der Waals surface area (Å²) in [5.41, 5.74) is 5.67. The SMILES string of the molecule is CC1(C)C=C2C=c3c(ccc4sc5ccccc5c34)=C2c2ccccc21. The van der Waals surface area contributed by atoms with E-state index in [9.17, 15) is 0 Å². The zero-order valence-electron chi connectivity index (χ0n) is 14.8. The largest absolute Gasteiger partial charge is 0.135 e. The Morgan fingerprint density at radius 2 is 1.62 bits per heavy atom. The highest BCUT2D eigenvalue weighted by molar-refractivity contribution is 7.25. The van der Waals surface area contributed by atoms with E-state index in [1.807, 2.05) is 11.3 Å². The van der Waals surface area contributed by atoms with Gasteiger partial charge in [-0.2, -0.15) is 0 Å². The van der Waals surface area contributed by atoms with Crippen molar-refractivity contribution >= 4 is 43.2 Å². The molecule has 6 rings (SSSR count). The molecule has 0 atom stereocenters. The van der Waals surface area contributed by atoms with Crippen LogP contribution in [0.15, 0.2) is 72.3 Å². The van der Waals surface area contributed by atoms with Crippen LogP contribution in [0.4, 0.5) is 0 Å². The summed E-state index contributed by atoms with van der Waals surface area (Å²) < 4.78 is 2.76. The molecule has 3 aromatic carbocycles. The van der Waals surface area contributed by atoms with E-state index < -0.39 is 0 Å². The first-order valence-corrected chi connectivity index (χ1v) is 9.94. The van der Waals surface area contributed by atoms with E-state index >= 15 is 0 Å². The van der Waals surface area contributed by atoms with Crippen molar-refractivity contribution in [1.82, 2.24) is 0 Å². The van der Waals surface area contributed by atoms with E-state index in [0.29, 0.717) is 0 Å². The lowest BCUT2D eigenvalue weighted by atomic mass is 9.73. The van der Waals surface area contributed by atoms with Crippen molar-refractivity contribution in [3.8, 4) is 0 Å². The Bertz CT molecular complexity index is 1390. The lowest BCUT2D eigenvalue weighted by molar-refractivity contribution is 0.661. The standard InChI is InChI=1S/C25H18S/c1-25(2)14-15-13-19-16(23(15)17-7-3-5-9-20(17)25)11-12-22-24(19)18-8-4-6-10-21(18)26-22/h3-14H,1-2H3. The molecule has 0 bridgehead atoms. The van der Waals surface area contributed by atoms with E-state index in [4.69, 9.17) is 0 Å². The van der Waals surface area contributed by atoms with Crippen molar-refractivity contribution in [2.24, 2.45) is 0 Å². The molecule has 2 aliphatic rings. The van der Waals surface area contributed by atoms with Crippen LogP contribution >= 0.6 is 11.3 Å². The quantitative estimate of drug-likeness (QED) is 0.405. The van der Waals surface area contributed by atoms with Crippen LogP contribution in [0.5, 0.6) is 0 Å². The van der Waals surface area contributed by atoms with Gasteiger partial charge in [0.2, 0.25) is 0 Å². The molecule has 0 N–H and O–H groups in total. The molecule has 0 amide bonds. The molecule has 0 radical (unpaired) electrons. The number of rotatable bonds is 0. The van der Waals surface area contributed by atoms with Crippen molar-refractivity contribution < 1.29 is 0 Å². The minimum absolute atomic E-state index is 0.0593. The Hall–Kier alpha value is -2.64. The Balaban J connectivity index is 1.86. The molecule has 1 heteroatoms. The Kier molecular flexibility index (Phi) is 2.65. The van der Waals surface area contributed by atoms with Gasteiger partial charge in [0.15, 0.2) is 0 Å². The molecule has 0 nitrogen and oxygen atoms in total. The molecule has 2 aliphatic carbocycles. The summed E-state index contributed by atoms with van der Waals surface area (Å²) in [7, 11) is 0. The second-order valence-corrected chi connectivity index (χ2v) is 8.97. The van der Waals surface area contributed by atoms with E-state index in [1.165, 1.54) is 52.9 Å². The van der Waals surface area contributed by atoms with Crippen LogP contribution in [-0.4, -0.2) is 0 Å². The smallest absolute Gasteiger partial charge is 0.0361 e. The van der Waals surface area contributed by atoms with Crippen molar-refractivity contribution in [3.63, 3.8) is 0 Å². The summed E-state index contributed by atoms with van der Waals surface area (Å²) in [6.07, 6.45) is 4.87. The molecule has 0 unspecified atom stereocenters. The van der Waals surface area contributed by atoms with Crippen LogP contribution < -0.4 is 10.4 Å². The molecule has 124 valence electrons. The Labute approximate surface area is 156 Å². The molecular weight excluding hydrogens is 332 g/mol. The maximum absolute atomic E-state index is 2.45. The normalized spacial score (nSPS) is 16.8. The van der Waals surface area contributed by atoms with Crippen molar-refractivity contribution in [3.05, 3.63) is 93.9 Å². The zero-order chi connectivity index (χ0) is 17.5. The van der Waals surface area contributed by atoms with Gasteiger partial charge in [0.1, 0.15) is 0 Å². The molecule has 26 heavy (non-hydrogen) atoms. The minimum atomic E-state index is 0.0593.